The molecule has 2 N–H and O–H groups in total. The van der Waals surface area contributed by atoms with Gasteiger partial charge in [-0.25, -0.2) is 8.42 Å². The van der Waals surface area contributed by atoms with Crippen molar-refractivity contribution in [1.82, 2.24) is 0 Å². The number of anilines is 2. The van der Waals surface area contributed by atoms with Crippen molar-refractivity contribution in [3.8, 4) is 0 Å². The number of rotatable bonds is 6. The van der Waals surface area contributed by atoms with E-state index in [4.69, 9.17) is 0 Å². The molecule has 0 aliphatic rings. The number of carbonyl (C=O) groups excluding carboxylic acids is 2. The van der Waals surface area contributed by atoms with Crippen LogP contribution in [-0.2, 0) is 14.8 Å². The highest BCUT2D eigenvalue weighted by atomic mass is 32.2. The van der Waals surface area contributed by atoms with Crippen LogP contribution in [0.4, 0.5) is 11.4 Å². The number of carbonyl (C=O) groups is 2. The summed E-state index contributed by atoms with van der Waals surface area (Å²) in [6.07, 6.45) is 1.83. The molecular weight excluding hydrogens is 360 g/mol. The van der Waals surface area contributed by atoms with Crippen molar-refractivity contribution in [1.29, 1.82) is 0 Å². The minimum atomic E-state index is -3.86. The molecule has 0 bridgehead atoms. The highest BCUT2D eigenvalue weighted by Crippen LogP contribution is 2.29. The molecule has 0 saturated heterocycles. The second-order valence-electron chi connectivity index (χ2n) is 5.29. The molecule has 0 aromatic heterocycles. The molecule has 0 atom stereocenters. The lowest BCUT2D eigenvalue weighted by molar-refractivity contribution is -0.114. The van der Waals surface area contributed by atoms with Gasteiger partial charge in [-0.15, -0.1) is 11.8 Å². The summed E-state index contributed by atoms with van der Waals surface area (Å²) in [5.74, 6) is -0.440. The summed E-state index contributed by atoms with van der Waals surface area (Å²) in [4.78, 5) is 23.5. The maximum Gasteiger partial charge on any atom is 0.261 e. The Morgan fingerprint density at radius 3 is 2.36 bits per heavy atom. The third-order valence-corrected chi connectivity index (χ3v) is 5.49. The summed E-state index contributed by atoms with van der Waals surface area (Å²) >= 11 is 1.40. The Balaban J connectivity index is 2.37. The lowest BCUT2D eigenvalue weighted by Gasteiger charge is -2.12. The predicted octanol–water partition coefficient (Wildman–Crippen LogP) is 3.37. The normalized spacial score (nSPS) is 11.0. The number of Topliss-reactive ketones (excluding diaryl/α,β-unsaturated/α-hetero) is 1. The number of hydrogen-bond acceptors (Lipinski definition) is 5. The number of benzene rings is 2. The van der Waals surface area contributed by atoms with Gasteiger partial charge in [0.2, 0.25) is 5.91 Å². The first-order chi connectivity index (χ1) is 11.7. The Kier molecular flexibility index (Phi) is 5.86. The van der Waals surface area contributed by atoms with Crippen LogP contribution in [0.1, 0.15) is 24.2 Å². The van der Waals surface area contributed by atoms with E-state index in [0.717, 1.165) is 4.90 Å². The topological polar surface area (TPSA) is 92.3 Å². The van der Waals surface area contributed by atoms with Crippen molar-refractivity contribution >= 4 is 44.9 Å². The third kappa shape index (κ3) is 4.83. The summed E-state index contributed by atoms with van der Waals surface area (Å²) in [6.45, 7) is 2.77. The summed E-state index contributed by atoms with van der Waals surface area (Å²) in [7, 11) is -3.86. The second kappa shape index (κ2) is 7.71. The van der Waals surface area contributed by atoms with Gasteiger partial charge in [-0.3, -0.25) is 14.3 Å². The van der Waals surface area contributed by atoms with Crippen molar-refractivity contribution in [2.75, 3.05) is 16.3 Å². The lowest BCUT2D eigenvalue weighted by atomic mass is 10.1. The first kappa shape index (κ1) is 19.0. The molecule has 0 spiro atoms. The molecule has 2 aromatic rings. The van der Waals surface area contributed by atoms with E-state index >= 15 is 0 Å². The molecule has 1 amide bonds. The molecule has 2 aromatic carbocycles. The predicted molar refractivity (Wildman–Crippen MR) is 99.8 cm³/mol. The van der Waals surface area contributed by atoms with Gasteiger partial charge in [0, 0.05) is 23.1 Å². The van der Waals surface area contributed by atoms with E-state index in [-0.39, 0.29) is 16.6 Å². The number of nitrogens with one attached hydrogen (secondary N) is 2. The quantitative estimate of drug-likeness (QED) is 0.594. The number of sulfonamides is 1. The monoisotopic (exact) mass is 378 g/mol. The van der Waals surface area contributed by atoms with Gasteiger partial charge < -0.3 is 5.32 Å². The molecule has 0 heterocycles. The fourth-order valence-corrected chi connectivity index (χ4v) is 3.77. The van der Waals surface area contributed by atoms with E-state index in [2.05, 4.69) is 10.0 Å². The fraction of sp³-hybridized carbons (Fsp3) is 0.176. The SMILES string of the molecule is CSc1ccc(S(=O)(=O)Nc2cccc(C(C)=O)c2)cc1NC(C)=O. The minimum absolute atomic E-state index is 0.0160. The number of amides is 1. The smallest absolute Gasteiger partial charge is 0.261 e. The molecule has 8 heteroatoms. The van der Waals surface area contributed by atoms with E-state index in [1.54, 1.807) is 24.3 Å². The Morgan fingerprint density at radius 1 is 1.04 bits per heavy atom. The molecular formula is C17H18N2O4S2. The summed E-state index contributed by atoms with van der Waals surface area (Å²) < 4.78 is 27.7. The van der Waals surface area contributed by atoms with Gasteiger partial charge >= 0.3 is 0 Å². The van der Waals surface area contributed by atoms with Gasteiger partial charge in [0.15, 0.2) is 5.78 Å². The maximum absolute atomic E-state index is 12.6. The second-order valence-corrected chi connectivity index (χ2v) is 7.82. The van der Waals surface area contributed by atoms with Gasteiger partial charge in [0.25, 0.3) is 10.0 Å². The fourth-order valence-electron chi connectivity index (χ4n) is 2.16. The minimum Gasteiger partial charge on any atom is -0.325 e. The van der Waals surface area contributed by atoms with Crippen LogP contribution in [-0.4, -0.2) is 26.4 Å². The molecule has 0 aliphatic carbocycles. The molecule has 0 fully saturated rings. The van der Waals surface area contributed by atoms with Gasteiger partial charge in [0.05, 0.1) is 10.6 Å². The van der Waals surface area contributed by atoms with Crippen LogP contribution in [0.3, 0.4) is 0 Å². The lowest BCUT2D eigenvalue weighted by Crippen LogP contribution is -2.14. The van der Waals surface area contributed by atoms with Crippen LogP contribution in [0.25, 0.3) is 0 Å². The number of ketones is 1. The van der Waals surface area contributed by atoms with Crippen LogP contribution in [0, 0.1) is 0 Å². The first-order valence-electron chi connectivity index (χ1n) is 7.32. The maximum atomic E-state index is 12.6. The van der Waals surface area contributed by atoms with Crippen LogP contribution in [0.5, 0.6) is 0 Å². The summed E-state index contributed by atoms with van der Waals surface area (Å²) in [5.41, 5.74) is 1.14. The van der Waals surface area contributed by atoms with Crippen LogP contribution >= 0.6 is 11.8 Å². The number of hydrogen-bond donors (Lipinski definition) is 2. The van der Waals surface area contributed by atoms with E-state index in [1.165, 1.54) is 43.8 Å². The van der Waals surface area contributed by atoms with E-state index in [9.17, 15) is 18.0 Å². The van der Waals surface area contributed by atoms with Crippen molar-refractivity contribution < 1.29 is 18.0 Å². The molecule has 0 saturated carbocycles. The molecule has 0 radical (unpaired) electrons. The Bertz CT molecular complexity index is 924. The van der Waals surface area contributed by atoms with Crippen LogP contribution < -0.4 is 10.0 Å². The largest absolute Gasteiger partial charge is 0.325 e. The average Bonchev–Trinajstić information content (AvgIpc) is 2.54. The van der Waals surface area contributed by atoms with Crippen LogP contribution in [0.15, 0.2) is 52.3 Å². The van der Waals surface area contributed by atoms with Gasteiger partial charge in [-0.2, -0.15) is 0 Å². The molecule has 25 heavy (non-hydrogen) atoms. The molecule has 6 nitrogen and oxygen atoms in total. The molecule has 0 aliphatic heterocycles. The first-order valence-corrected chi connectivity index (χ1v) is 10.0. The van der Waals surface area contributed by atoms with E-state index in [1.807, 2.05) is 6.26 Å². The Morgan fingerprint density at radius 2 is 1.76 bits per heavy atom. The summed E-state index contributed by atoms with van der Waals surface area (Å²) in [5, 5.41) is 2.63. The third-order valence-electron chi connectivity index (χ3n) is 3.31. The standard InChI is InChI=1S/C17H18N2O4S2/c1-11(20)13-5-4-6-14(9-13)19-25(22,23)15-7-8-17(24-3)16(10-15)18-12(2)21/h4-10,19H,1-3H3,(H,18,21). The zero-order valence-corrected chi connectivity index (χ0v) is 15.6. The highest BCUT2D eigenvalue weighted by Gasteiger charge is 2.17. The zero-order chi connectivity index (χ0) is 18.6. The zero-order valence-electron chi connectivity index (χ0n) is 14.0. The van der Waals surface area contributed by atoms with Crippen molar-refractivity contribution in [2.24, 2.45) is 0 Å². The van der Waals surface area contributed by atoms with E-state index < -0.39 is 10.0 Å². The Labute approximate surface area is 151 Å². The van der Waals surface area contributed by atoms with Crippen molar-refractivity contribution in [3.05, 3.63) is 48.0 Å². The van der Waals surface area contributed by atoms with Gasteiger partial charge in [0.1, 0.15) is 0 Å². The highest BCUT2D eigenvalue weighted by molar-refractivity contribution is 7.98. The van der Waals surface area contributed by atoms with Crippen molar-refractivity contribution in [3.63, 3.8) is 0 Å². The number of thioether (sulfide) groups is 1. The molecule has 2 rings (SSSR count). The van der Waals surface area contributed by atoms with Gasteiger partial charge in [-0.05, 0) is 43.5 Å². The van der Waals surface area contributed by atoms with Crippen molar-refractivity contribution in [2.45, 2.75) is 23.6 Å². The van der Waals surface area contributed by atoms with Crippen LogP contribution in [0.2, 0.25) is 0 Å². The van der Waals surface area contributed by atoms with E-state index in [0.29, 0.717) is 16.9 Å². The summed E-state index contributed by atoms with van der Waals surface area (Å²) in [6, 6.07) is 10.8. The molecule has 0 unspecified atom stereocenters. The average molecular weight is 378 g/mol. The molecule has 132 valence electrons. The Hall–Kier alpha value is -2.32. The van der Waals surface area contributed by atoms with Gasteiger partial charge in [-0.1, -0.05) is 12.1 Å².